The largest absolute Gasteiger partial charge is 0.488 e. The molecule has 1 heterocycles. The van der Waals surface area contributed by atoms with Crippen LogP contribution in [-0.4, -0.2) is 5.60 Å². The molecule has 0 aliphatic carbocycles. The normalized spacial score (nSPS) is 18.8. The Balaban J connectivity index is 2.36. The van der Waals surface area contributed by atoms with Crippen molar-refractivity contribution < 1.29 is 17.9 Å². The third kappa shape index (κ3) is 2.15. The van der Waals surface area contributed by atoms with E-state index in [9.17, 15) is 13.2 Å². The Bertz CT molecular complexity index is 407. The number of benzene rings is 1. The number of fused-ring (bicyclic) bond motifs is 1. The molecule has 0 bridgehead atoms. The maximum Gasteiger partial charge on any atom is 0.416 e. The van der Waals surface area contributed by atoms with E-state index in [1.165, 1.54) is 6.07 Å². The molecular weight excluding hydrogens is 217 g/mol. The van der Waals surface area contributed by atoms with Gasteiger partial charge in [0.15, 0.2) is 0 Å². The van der Waals surface area contributed by atoms with Crippen LogP contribution in [0, 0.1) is 6.42 Å². The highest BCUT2D eigenvalue weighted by atomic mass is 19.4. The van der Waals surface area contributed by atoms with Crippen LogP contribution in [0.4, 0.5) is 13.2 Å². The molecule has 0 atom stereocenters. The summed E-state index contributed by atoms with van der Waals surface area (Å²) in [6.07, 6.45) is -0.888. The topological polar surface area (TPSA) is 9.23 Å². The minimum atomic E-state index is -4.32. The first-order chi connectivity index (χ1) is 7.28. The summed E-state index contributed by atoms with van der Waals surface area (Å²) < 4.78 is 42.9. The van der Waals surface area contributed by atoms with Crippen molar-refractivity contribution in [2.24, 2.45) is 0 Å². The third-order valence-electron chi connectivity index (χ3n) is 2.40. The first kappa shape index (κ1) is 11.3. The van der Waals surface area contributed by atoms with Gasteiger partial charge in [-0.05, 0) is 38.5 Å². The molecule has 0 aromatic heterocycles. The van der Waals surface area contributed by atoms with Crippen LogP contribution in [0.25, 0.3) is 0 Å². The summed E-state index contributed by atoms with van der Waals surface area (Å²) in [5, 5.41) is 0. The van der Waals surface area contributed by atoms with E-state index in [4.69, 9.17) is 4.74 Å². The molecule has 1 aromatic carbocycles. The Labute approximate surface area is 92.2 Å². The molecule has 2 radical (unpaired) electrons. The quantitative estimate of drug-likeness (QED) is 0.658. The fourth-order valence-electron chi connectivity index (χ4n) is 1.58. The molecule has 16 heavy (non-hydrogen) atoms. The van der Waals surface area contributed by atoms with Gasteiger partial charge >= 0.3 is 6.18 Å². The molecule has 1 nitrogen and oxygen atoms in total. The predicted octanol–water partition coefficient (Wildman–Crippen LogP) is 3.70. The van der Waals surface area contributed by atoms with E-state index < -0.39 is 17.3 Å². The highest BCUT2D eigenvalue weighted by Crippen LogP contribution is 2.38. The van der Waals surface area contributed by atoms with Crippen LogP contribution in [0.2, 0.25) is 0 Å². The van der Waals surface area contributed by atoms with Gasteiger partial charge in [0.2, 0.25) is 0 Å². The molecule has 0 unspecified atom stereocenters. The molecule has 0 N–H and O–H groups in total. The second kappa shape index (κ2) is 3.40. The number of alkyl halides is 3. The summed E-state index contributed by atoms with van der Waals surface area (Å²) in [5.74, 6) is 0.462. The summed E-state index contributed by atoms with van der Waals surface area (Å²) in [4.78, 5) is 0. The molecule has 1 aromatic rings. The van der Waals surface area contributed by atoms with E-state index >= 15 is 0 Å². The number of rotatable bonds is 0. The lowest BCUT2D eigenvalue weighted by molar-refractivity contribution is -0.137. The average molecular weight is 228 g/mol. The summed E-state index contributed by atoms with van der Waals surface area (Å²) in [5.41, 5.74) is -0.663. The Kier molecular flexibility index (Phi) is 2.40. The molecule has 0 saturated heterocycles. The lowest BCUT2D eigenvalue weighted by Crippen LogP contribution is -2.31. The zero-order valence-electron chi connectivity index (χ0n) is 8.98. The van der Waals surface area contributed by atoms with Crippen molar-refractivity contribution in [3.63, 3.8) is 0 Å². The zero-order chi connectivity index (χ0) is 12.0. The van der Waals surface area contributed by atoms with Crippen molar-refractivity contribution in [1.82, 2.24) is 0 Å². The van der Waals surface area contributed by atoms with E-state index in [0.717, 1.165) is 12.1 Å². The maximum absolute atomic E-state index is 12.4. The van der Waals surface area contributed by atoms with Crippen LogP contribution < -0.4 is 4.74 Å². The smallest absolute Gasteiger partial charge is 0.416 e. The molecule has 1 aliphatic rings. The van der Waals surface area contributed by atoms with Gasteiger partial charge in [0.25, 0.3) is 0 Å². The molecule has 0 spiro atoms. The van der Waals surface area contributed by atoms with Gasteiger partial charge in [-0.1, -0.05) is 0 Å². The monoisotopic (exact) mass is 228 g/mol. The highest BCUT2D eigenvalue weighted by molar-refractivity contribution is 5.44. The van der Waals surface area contributed by atoms with Crippen molar-refractivity contribution >= 4 is 0 Å². The van der Waals surface area contributed by atoms with Crippen LogP contribution in [0.1, 0.15) is 31.4 Å². The highest BCUT2D eigenvalue weighted by Gasteiger charge is 2.33. The second-order valence-electron chi connectivity index (χ2n) is 4.42. The van der Waals surface area contributed by atoms with Gasteiger partial charge in [-0.2, -0.15) is 13.2 Å². The van der Waals surface area contributed by atoms with Crippen molar-refractivity contribution in [3.8, 4) is 5.75 Å². The van der Waals surface area contributed by atoms with Gasteiger partial charge in [0.1, 0.15) is 11.4 Å². The molecule has 0 amide bonds. The minimum Gasteiger partial charge on any atom is -0.488 e. The first-order valence-corrected chi connectivity index (χ1v) is 4.92. The molecule has 0 fully saturated rings. The van der Waals surface area contributed by atoms with E-state index in [1.807, 2.05) is 13.8 Å². The Morgan fingerprint density at radius 3 is 2.62 bits per heavy atom. The molecule has 0 saturated carbocycles. The lowest BCUT2D eigenvalue weighted by atomic mass is 9.93. The molecule has 2 rings (SSSR count). The Hall–Kier alpha value is -1.19. The number of halogens is 3. The van der Waals surface area contributed by atoms with E-state index in [2.05, 4.69) is 6.42 Å². The fraction of sp³-hybridized carbons (Fsp3) is 0.417. The van der Waals surface area contributed by atoms with Crippen LogP contribution in [0.5, 0.6) is 5.75 Å². The SMILES string of the molecule is CC1(C)C[C]c2cc(C(F)(F)F)ccc2O1. The average Bonchev–Trinajstić information content (AvgIpc) is 2.14. The van der Waals surface area contributed by atoms with E-state index in [-0.39, 0.29) is 0 Å². The van der Waals surface area contributed by atoms with Crippen molar-refractivity contribution in [2.45, 2.75) is 32.0 Å². The van der Waals surface area contributed by atoms with Crippen LogP contribution in [0.3, 0.4) is 0 Å². The first-order valence-electron chi connectivity index (χ1n) is 4.92. The molecule has 86 valence electrons. The van der Waals surface area contributed by atoms with Crippen molar-refractivity contribution in [2.75, 3.05) is 0 Å². The number of ether oxygens (including phenoxy) is 1. The van der Waals surface area contributed by atoms with Crippen molar-refractivity contribution in [1.29, 1.82) is 0 Å². The second-order valence-corrected chi connectivity index (χ2v) is 4.42. The third-order valence-corrected chi connectivity index (χ3v) is 2.40. The molecule has 1 aliphatic heterocycles. The Morgan fingerprint density at radius 2 is 2.00 bits per heavy atom. The van der Waals surface area contributed by atoms with Gasteiger partial charge < -0.3 is 4.74 Å². The summed E-state index contributed by atoms with van der Waals surface area (Å²) in [7, 11) is 0. The lowest BCUT2D eigenvalue weighted by Gasteiger charge is -2.32. The summed E-state index contributed by atoms with van der Waals surface area (Å²) in [6, 6.07) is 3.46. The number of hydrogen-bond acceptors (Lipinski definition) is 1. The zero-order valence-corrected chi connectivity index (χ0v) is 8.98. The van der Waals surface area contributed by atoms with Gasteiger partial charge in [-0.15, -0.1) is 0 Å². The molecule has 4 heteroatoms. The van der Waals surface area contributed by atoms with Gasteiger partial charge in [-0.25, -0.2) is 0 Å². The van der Waals surface area contributed by atoms with Crippen LogP contribution >= 0.6 is 0 Å². The van der Waals surface area contributed by atoms with Crippen LogP contribution in [0.15, 0.2) is 18.2 Å². The summed E-state index contributed by atoms with van der Waals surface area (Å²) >= 11 is 0. The standard InChI is InChI=1S/C12H11F3O/c1-11(2)6-5-8-7-9(12(13,14)15)3-4-10(8)16-11/h3-4,7H,6H2,1-2H3. The van der Waals surface area contributed by atoms with E-state index in [0.29, 0.717) is 17.7 Å². The predicted molar refractivity (Wildman–Crippen MR) is 53.1 cm³/mol. The Morgan fingerprint density at radius 1 is 1.31 bits per heavy atom. The van der Waals surface area contributed by atoms with Crippen LogP contribution in [-0.2, 0) is 6.18 Å². The number of hydrogen-bond donors (Lipinski definition) is 0. The van der Waals surface area contributed by atoms with Gasteiger partial charge in [0, 0.05) is 12.0 Å². The van der Waals surface area contributed by atoms with Crippen molar-refractivity contribution in [3.05, 3.63) is 35.7 Å². The van der Waals surface area contributed by atoms with Gasteiger partial charge in [-0.3, -0.25) is 0 Å². The minimum absolute atomic E-state index is 0.396. The fourth-order valence-corrected chi connectivity index (χ4v) is 1.58. The maximum atomic E-state index is 12.4. The molecular formula is C12H11F3O. The van der Waals surface area contributed by atoms with Gasteiger partial charge in [0.05, 0.1) is 5.56 Å². The summed E-state index contributed by atoms with van der Waals surface area (Å²) in [6.45, 7) is 3.75. The van der Waals surface area contributed by atoms with E-state index in [1.54, 1.807) is 0 Å².